The van der Waals surface area contributed by atoms with Gasteiger partial charge in [0.25, 0.3) is 5.91 Å². The smallest absolute Gasteiger partial charge is 0.251 e. The molecule has 1 aliphatic heterocycles. The number of anilines is 1. The van der Waals surface area contributed by atoms with Gasteiger partial charge in [0.2, 0.25) is 0 Å². The summed E-state index contributed by atoms with van der Waals surface area (Å²) in [5.74, 6) is -0.608. The molecule has 0 bridgehead atoms. The van der Waals surface area contributed by atoms with E-state index in [1.807, 2.05) is 4.90 Å². The number of halogens is 1. The summed E-state index contributed by atoms with van der Waals surface area (Å²) in [6.45, 7) is 3.29. The van der Waals surface area contributed by atoms with Gasteiger partial charge in [-0.15, -0.1) is 0 Å². The maximum Gasteiger partial charge on any atom is 0.251 e. The van der Waals surface area contributed by atoms with Gasteiger partial charge in [-0.25, -0.2) is 4.39 Å². The van der Waals surface area contributed by atoms with Gasteiger partial charge >= 0.3 is 0 Å². The second-order valence-electron chi connectivity index (χ2n) is 3.98. The molecule has 1 heterocycles. The summed E-state index contributed by atoms with van der Waals surface area (Å²) < 4.78 is 13.9. The Labute approximate surface area is 99.8 Å². The van der Waals surface area contributed by atoms with E-state index in [-0.39, 0.29) is 11.7 Å². The first-order chi connectivity index (χ1) is 8.22. The Bertz CT molecular complexity index is 416. The Morgan fingerprint density at radius 2 is 2.12 bits per heavy atom. The molecule has 1 saturated heterocycles. The maximum atomic E-state index is 13.9. The van der Waals surface area contributed by atoms with Gasteiger partial charge in [0, 0.05) is 38.8 Å². The second kappa shape index (κ2) is 5.14. The molecule has 2 rings (SSSR count). The van der Waals surface area contributed by atoms with Crippen molar-refractivity contribution in [2.75, 3.05) is 38.1 Å². The lowest BCUT2D eigenvalue weighted by molar-refractivity contribution is 0.0962. The summed E-state index contributed by atoms with van der Waals surface area (Å²) in [7, 11) is 1.53. The number of amides is 1. The van der Waals surface area contributed by atoms with Crippen molar-refractivity contribution in [3.63, 3.8) is 0 Å². The molecule has 0 aromatic heterocycles. The molecular formula is C12H16FN3O. The third-order valence-electron chi connectivity index (χ3n) is 2.89. The summed E-state index contributed by atoms with van der Waals surface area (Å²) in [6.07, 6.45) is 0. The first-order valence-electron chi connectivity index (χ1n) is 5.69. The lowest BCUT2D eigenvalue weighted by Crippen LogP contribution is -2.43. The minimum Gasteiger partial charge on any atom is -0.367 e. The monoisotopic (exact) mass is 237 g/mol. The highest BCUT2D eigenvalue weighted by Crippen LogP contribution is 2.20. The van der Waals surface area contributed by atoms with Gasteiger partial charge < -0.3 is 15.5 Å². The highest BCUT2D eigenvalue weighted by Gasteiger charge is 2.15. The van der Waals surface area contributed by atoms with Gasteiger partial charge in [-0.2, -0.15) is 0 Å². The van der Waals surface area contributed by atoms with Gasteiger partial charge in [-0.05, 0) is 18.2 Å². The van der Waals surface area contributed by atoms with E-state index in [2.05, 4.69) is 10.6 Å². The Kier molecular flexibility index (Phi) is 3.58. The maximum absolute atomic E-state index is 13.9. The van der Waals surface area contributed by atoms with E-state index in [9.17, 15) is 9.18 Å². The first kappa shape index (κ1) is 11.9. The van der Waals surface area contributed by atoms with Crippen LogP contribution in [0.15, 0.2) is 18.2 Å². The van der Waals surface area contributed by atoms with Gasteiger partial charge in [0.05, 0.1) is 5.69 Å². The predicted octanol–water partition coefficient (Wildman–Crippen LogP) is 0.595. The van der Waals surface area contributed by atoms with Crippen molar-refractivity contribution in [2.24, 2.45) is 0 Å². The standard InChI is InChI=1S/C12H16FN3O/c1-14-12(17)9-2-3-11(10(13)8-9)16-6-4-15-5-7-16/h2-3,8,15H,4-7H2,1H3,(H,14,17). The van der Waals surface area contributed by atoms with Crippen LogP contribution in [-0.2, 0) is 0 Å². The lowest BCUT2D eigenvalue weighted by Gasteiger charge is -2.29. The molecule has 0 saturated carbocycles. The van der Waals surface area contributed by atoms with Crippen LogP contribution in [0.2, 0.25) is 0 Å². The van der Waals surface area contributed by atoms with Crippen molar-refractivity contribution < 1.29 is 9.18 Å². The molecule has 4 nitrogen and oxygen atoms in total. The predicted molar refractivity (Wildman–Crippen MR) is 64.9 cm³/mol. The number of rotatable bonds is 2. The average Bonchev–Trinajstić information content (AvgIpc) is 2.38. The van der Waals surface area contributed by atoms with Crippen LogP contribution in [0.25, 0.3) is 0 Å². The fourth-order valence-electron chi connectivity index (χ4n) is 1.95. The van der Waals surface area contributed by atoms with E-state index in [1.165, 1.54) is 13.1 Å². The molecule has 0 aliphatic carbocycles. The van der Waals surface area contributed by atoms with Crippen molar-refractivity contribution in [2.45, 2.75) is 0 Å². The zero-order valence-corrected chi connectivity index (χ0v) is 9.79. The number of benzene rings is 1. The molecule has 0 spiro atoms. The molecule has 0 unspecified atom stereocenters. The van der Waals surface area contributed by atoms with Gasteiger partial charge in [0.1, 0.15) is 5.82 Å². The molecule has 92 valence electrons. The summed E-state index contributed by atoms with van der Waals surface area (Å²) >= 11 is 0. The minimum atomic E-state index is -0.340. The number of carbonyl (C=O) groups excluding carboxylic acids is 1. The van der Waals surface area contributed by atoms with E-state index >= 15 is 0 Å². The Balaban J connectivity index is 2.21. The molecule has 1 aromatic rings. The number of nitrogens with one attached hydrogen (secondary N) is 2. The zero-order chi connectivity index (χ0) is 12.3. The number of carbonyl (C=O) groups is 1. The molecule has 17 heavy (non-hydrogen) atoms. The highest BCUT2D eigenvalue weighted by molar-refractivity contribution is 5.94. The molecule has 2 N–H and O–H groups in total. The van der Waals surface area contributed by atoms with Crippen LogP contribution in [0.5, 0.6) is 0 Å². The van der Waals surface area contributed by atoms with Crippen LogP contribution in [0.4, 0.5) is 10.1 Å². The van der Waals surface area contributed by atoms with E-state index in [1.54, 1.807) is 12.1 Å². The lowest BCUT2D eigenvalue weighted by atomic mass is 10.1. The second-order valence-corrected chi connectivity index (χ2v) is 3.98. The van der Waals surface area contributed by atoms with Crippen LogP contribution in [0, 0.1) is 5.82 Å². The van der Waals surface area contributed by atoms with E-state index < -0.39 is 0 Å². The molecular weight excluding hydrogens is 221 g/mol. The molecule has 1 aliphatic rings. The normalized spacial score (nSPS) is 15.8. The van der Waals surface area contributed by atoms with Crippen molar-refractivity contribution in [3.8, 4) is 0 Å². The van der Waals surface area contributed by atoms with Crippen molar-refractivity contribution in [1.29, 1.82) is 0 Å². The van der Waals surface area contributed by atoms with E-state index in [0.29, 0.717) is 11.3 Å². The molecule has 1 amide bonds. The Morgan fingerprint density at radius 1 is 1.41 bits per heavy atom. The van der Waals surface area contributed by atoms with E-state index in [0.717, 1.165) is 26.2 Å². The minimum absolute atomic E-state index is 0.268. The molecule has 0 atom stereocenters. The van der Waals surface area contributed by atoms with Crippen LogP contribution in [-0.4, -0.2) is 39.1 Å². The van der Waals surface area contributed by atoms with Gasteiger partial charge in [0.15, 0.2) is 0 Å². The number of hydrogen-bond acceptors (Lipinski definition) is 3. The van der Waals surface area contributed by atoms with Crippen LogP contribution >= 0.6 is 0 Å². The summed E-state index contributed by atoms with van der Waals surface area (Å²) in [4.78, 5) is 13.3. The van der Waals surface area contributed by atoms with Crippen molar-refractivity contribution in [3.05, 3.63) is 29.6 Å². The fourth-order valence-corrected chi connectivity index (χ4v) is 1.95. The molecule has 5 heteroatoms. The van der Waals surface area contributed by atoms with Crippen molar-refractivity contribution >= 4 is 11.6 Å². The molecule has 0 radical (unpaired) electrons. The Hall–Kier alpha value is -1.62. The van der Waals surface area contributed by atoms with E-state index in [4.69, 9.17) is 0 Å². The van der Waals surface area contributed by atoms with Gasteiger partial charge in [-0.1, -0.05) is 0 Å². The topological polar surface area (TPSA) is 44.4 Å². The molecule has 1 fully saturated rings. The summed E-state index contributed by atoms with van der Waals surface area (Å²) in [6, 6.07) is 4.61. The first-order valence-corrected chi connectivity index (χ1v) is 5.69. The SMILES string of the molecule is CNC(=O)c1ccc(N2CCNCC2)c(F)c1. The zero-order valence-electron chi connectivity index (χ0n) is 9.79. The van der Waals surface area contributed by atoms with Crippen molar-refractivity contribution in [1.82, 2.24) is 10.6 Å². The third-order valence-corrected chi connectivity index (χ3v) is 2.89. The third kappa shape index (κ3) is 2.55. The van der Waals surface area contributed by atoms with Crippen LogP contribution in [0.3, 0.4) is 0 Å². The number of hydrogen-bond donors (Lipinski definition) is 2. The summed E-state index contributed by atoms with van der Waals surface area (Å²) in [5.41, 5.74) is 0.919. The highest BCUT2D eigenvalue weighted by atomic mass is 19.1. The Morgan fingerprint density at radius 3 is 2.71 bits per heavy atom. The quantitative estimate of drug-likeness (QED) is 0.791. The summed E-state index contributed by atoms with van der Waals surface area (Å²) in [5, 5.41) is 5.69. The number of piperazine rings is 1. The van der Waals surface area contributed by atoms with Gasteiger partial charge in [-0.3, -0.25) is 4.79 Å². The number of nitrogens with zero attached hydrogens (tertiary/aromatic N) is 1. The van der Waals surface area contributed by atoms with Crippen LogP contribution in [0.1, 0.15) is 10.4 Å². The average molecular weight is 237 g/mol. The van der Waals surface area contributed by atoms with Crippen LogP contribution < -0.4 is 15.5 Å². The molecule has 1 aromatic carbocycles. The largest absolute Gasteiger partial charge is 0.367 e. The fraction of sp³-hybridized carbons (Fsp3) is 0.417.